The summed E-state index contributed by atoms with van der Waals surface area (Å²) in [5.74, 6) is -0.626. The average molecular weight is 320 g/mol. The number of sulfone groups is 2. The van der Waals surface area contributed by atoms with E-state index in [0.29, 0.717) is 0 Å². The maximum Gasteiger partial charge on any atom is 0.236 e. The highest BCUT2D eigenvalue weighted by molar-refractivity contribution is 7.91. The number of nitrogens with zero attached hydrogens (tertiary/aromatic N) is 1. The Labute approximate surface area is 118 Å². The van der Waals surface area contributed by atoms with E-state index in [2.05, 4.69) is 0 Å². The van der Waals surface area contributed by atoms with Crippen molar-refractivity contribution >= 4 is 31.3 Å². The fraction of sp³-hybridized carbons (Fsp3) is 0.364. The maximum atomic E-state index is 11.8. The molecule has 0 fully saturated rings. The first-order valence-corrected chi connectivity index (χ1v) is 9.25. The average Bonchev–Trinajstić information content (AvgIpc) is 2.24. The van der Waals surface area contributed by atoms with Crippen LogP contribution in [0.1, 0.15) is 0 Å². The number of nitrogens with two attached hydrogens (primary N) is 1. The molecule has 2 N–H and O–H groups in total. The molecule has 1 amide bonds. The molecular weight excluding hydrogens is 304 g/mol. The van der Waals surface area contributed by atoms with Gasteiger partial charge in [0.25, 0.3) is 0 Å². The molecule has 112 valence electrons. The number of carbonyl (C=O) groups excluding carboxylic acids is 1. The SMILES string of the molecule is CN(CC(N)=O)c1ccc(S(C)(=O)=O)cc1S(C)(=O)=O. The molecule has 0 spiro atoms. The van der Waals surface area contributed by atoms with Crippen LogP contribution in [0.25, 0.3) is 0 Å². The normalized spacial score (nSPS) is 12.2. The molecule has 0 aliphatic carbocycles. The van der Waals surface area contributed by atoms with Gasteiger partial charge in [-0.15, -0.1) is 0 Å². The lowest BCUT2D eigenvalue weighted by atomic mass is 10.3. The van der Waals surface area contributed by atoms with Crippen molar-refractivity contribution in [3.63, 3.8) is 0 Å². The van der Waals surface area contributed by atoms with Gasteiger partial charge < -0.3 is 10.6 Å². The van der Waals surface area contributed by atoms with E-state index in [0.717, 1.165) is 18.6 Å². The molecule has 0 saturated heterocycles. The molecular formula is C11H16N2O5S2. The lowest BCUT2D eigenvalue weighted by Gasteiger charge is -2.20. The lowest BCUT2D eigenvalue weighted by molar-refractivity contribution is -0.116. The first-order valence-electron chi connectivity index (χ1n) is 5.46. The Hall–Kier alpha value is -1.61. The monoisotopic (exact) mass is 320 g/mol. The molecule has 0 unspecified atom stereocenters. The number of rotatable bonds is 5. The first kappa shape index (κ1) is 16.4. The zero-order chi connectivity index (χ0) is 15.7. The van der Waals surface area contributed by atoms with Gasteiger partial charge in [0, 0.05) is 19.6 Å². The number of likely N-dealkylation sites (N-methyl/N-ethyl adjacent to an activating group) is 1. The van der Waals surface area contributed by atoms with Crippen LogP contribution < -0.4 is 10.6 Å². The van der Waals surface area contributed by atoms with Crippen molar-refractivity contribution in [3.05, 3.63) is 18.2 Å². The lowest BCUT2D eigenvalue weighted by Crippen LogP contribution is -2.31. The molecule has 0 atom stereocenters. The number of benzene rings is 1. The largest absolute Gasteiger partial charge is 0.368 e. The zero-order valence-electron chi connectivity index (χ0n) is 11.3. The third kappa shape index (κ3) is 3.94. The summed E-state index contributed by atoms with van der Waals surface area (Å²) in [5, 5.41) is 0. The van der Waals surface area contributed by atoms with E-state index in [1.54, 1.807) is 0 Å². The minimum Gasteiger partial charge on any atom is -0.368 e. The Morgan fingerprint density at radius 2 is 1.70 bits per heavy atom. The minimum absolute atomic E-state index is 0.103. The molecule has 0 aliphatic rings. The minimum atomic E-state index is -3.66. The van der Waals surface area contributed by atoms with E-state index in [9.17, 15) is 21.6 Å². The van der Waals surface area contributed by atoms with Crippen molar-refractivity contribution in [2.75, 3.05) is 31.0 Å². The fourth-order valence-corrected chi connectivity index (χ4v) is 3.32. The Bertz CT molecular complexity index is 738. The van der Waals surface area contributed by atoms with Crippen LogP contribution in [0.5, 0.6) is 0 Å². The van der Waals surface area contributed by atoms with Gasteiger partial charge in [0.2, 0.25) is 5.91 Å². The van der Waals surface area contributed by atoms with Crippen LogP contribution in [0, 0.1) is 0 Å². The van der Waals surface area contributed by atoms with E-state index in [4.69, 9.17) is 5.73 Å². The van der Waals surface area contributed by atoms with Crippen LogP contribution in [0.15, 0.2) is 28.0 Å². The topological polar surface area (TPSA) is 115 Å². The molecule has 20 heavy (non-hydrogen) atoms. The van der Waals surface area contributed by atoms with Crippen LogP contribution in [0.2, 0.25) is 0 Å². The Morgan fingerprint density at radius 3 is 2.10 bits per heavy atom. The summed E-state index contributed by atoms with van der Waals surface area (Å²) in [7, 11) is -5.69. The van der Waals surface area contributed by atoms with Gasteiger partial charge in [-0.2, -0.15) is 0 Å². The van der Waals surface area contributed by atoms with Gasteiger partial charge in [0.15, 0.2) is 19.7 Å². The second-order valence-corrected chi connectivity index (χ2v) is 8.50. The summed E-state index contributed by atoms with van der Waals surface area (Å²) in [6.07, 6.45) is 1.96. The molecule has 0 aromatic heterocycles. The Morgan fingerprint density at radius 1 is 1.15 bits per heavy atom. The van der Waals surface area contributed by atoms with Gasteiger partial charge in [-0.25, -0.2) is 16.8 Å². The van der Waals surface area contributed by atoms with Crippen LogP contribution >= 0.6 is 0 Å². The predicted molar refractivity (Wildman–Crippen MR) is 75.1 cm³/mol. The zero-order valence-corrected chi connectivity index (χ0v) is 13.0. The maximum absolute atomic E-state index is 11.8. The van der Waals surface area contributed by atoms with E-state index in [-0.39, 0.29) is 22.0 Å². The number of primary amides is 1. The number of hydrogen-bond donors (Lipinski definition) is 1. The predicted octanol–water partition coefficient (Wildman–Crippen LogP) is -0.585. The standard InChI is InChI=1S/C11H16N2O5S2/c1-13(7-11(12)14)9-5-4-8(19(2,15)16)6-10(9)20(3,17)18/h4-6H,7H2,1-3H3,(H2,12,14). The van der Waals surface area contributed by atoms with Crippen LogP contribution in [0.4, 0.5) is 5.69 Å². The Balaban J connectivity index is 3.51. The summed E-state index contributed by atoms with van der Waals surface area (Å²) in [6.45, 7) is -0.180. The van der Waals surface area contributed by atoms with Gasteiger partial charge in [-0.1, -0.05) is 0 Å². The van der Waals surface area contributed by atoms with Gasteiger partial charge in [0.05, 0.1) is 22.0 Å². The van der Waals surface area contributed by atoms with Gasteiger partial charge >= 0.3 is 0 Å². The molecule has 9 heteroatoms. The number of anilines is 1. The molecule has 0 heterocycles. The molecule has 1 rings (SSSR count). The van der Waals surface area contributed by atoms with Crippen molar-refractivity contribution in [1.82, 2.24) is 0 Å². The highest BCUT2D eigenvalue weighted by Crippen LogP contribution is 2.27. The quantitative estimate of drug-likeness (QED) is 0.776. The summed E-state index contributed by atoms with van der Waals surface area (Å²) < 4.78 is 46.5. The molecule has 0 saturated carbocycles. The van der Waals surface area contributed by atoms with Gasteiger partial charge in [0.1, 0.15) is 0 Å². The van der Waals surface area contributed by atoms with E-state index in [1.165, 1.54) is 24.1 Å². The van der Waals surface area contributed by atoms with E-state index < -0.39 is 25.6 Å². The van der Waals surface area contributed by atoms with Crippen LogP contribution in [-0.2, 0) is 24.5 Å². The number of carbonyl (C=O) groups is 1. The molecule has 0 aliphatic heterocycles. The van der Waals surface area contributed by atoms with Gasteiger partial charge in [-0.05, 0) is 18.2 Å². The Kier molecular flexibility index (Phi) is 4.45. The molecule has 0 bridgehead atoms. The second kappa shape index (κ2) is 5.41. The third-order valence-corrected chi connectivity index (χ3v) is 4.80. The smallest absolute Gasteiger partial charge is 0.236 e. The van der Waals surface area contributed by atoms with Crippen LogP contribution in [-0.4, -0.2) is 48.8 Å². The summed E-state index contributed by atoms with van der Waals surface area (Å²) >= 11 is 0. The fourth-order valence-electron chi connectivity index (χ4n) is 1.66. The molecule has 0 radical (unpaired) electrons. The molecule has 1 aromatic rings. The molecule has 7 nitrogen and oxygen atoms in total. The van der Waals surface area contributed by atoms with Gasteiger partial charge in [-0.3, -0.25) is 4.79 Å². The summed E-state index contributed by atoms with van der Waals surface area (Å²) in [4.78, 5) is 12.0. The van der Waals surface area contributed by atoms with E-state index >= 15 is 0 Å². The third-order valence-electron chi connectivity index (χ3n) is 2.56. The van der Waals surface area contributed by atoms with Crippen molar-refractivity contribution < 1.29 is 21.6 Å². The van der Waals surface area contributed by atoms with Crippen molar-refractivity contribution in [2.24, 2.45) is 5.73 Å². The summed E-state index contributed by atoms with van der Waals surface area (Å²) in [5.41, 5.74) is 5.28. The summed E-state index contributed by atoms with van der Waals surface area (Å²) in [6, 6.07) is 3.71. The molecule has 1 aromatic carbocycles. The van der Waals surface area contributed by atoms with E-state index in [1.807, 2.05) is 0 Å². The highest BCUT2D eigenvalue weighted by Gasteiger charge is 2.20. The van der Waals surface area contributed by atoms with Crippen molar-refractivity contribution in [3.8, 4) is 0 Å². The second-order valence-electron chi connectivity index (χ2n) is 4.50. The van der Waals surface area contributed by atoms with Crippen LogP contribution in [0.3, 0.4) is 0 Å². The highest BCUT2D eigenvalue weighted by atomic mass is 32.2. The van der Waals surface area contributed by atoms with Crippen molar-refractivity contribution in [2.45, 2.75) is 9.79 Å². The van der Waals surface area contributed by atoms with Crippen molar-refractivity contribution in [1.29, 1.82) is 0 Å². The number of amides is 1. The number of hydrogen-bond acceptors (Lipinski definition) is 6. The first-order chi connectivity index (χ1) is 8.93.